The van der Waals surface area contributed by atoms with Gasteiger partial charge in [-0.25, -0.2) is 0 Å². The fourth-order valence-electron chi connectivity index (χ4n) is 3.58. The first-order valence-electron chi connectivity index (χ1n) is 10.1. The molecule has 9 heteroatoms. The largest absolute Gasteiger partial charge is 0.370 e. The molecular weight excluding hydrogens is 414 g/mol. The normalized spacial score (nSPS) is 17.1. The molecule has 1 aliphatic heterocycles. The highest BCUT2D eigenvalue weighted by molar-refractivity contribution is 7.08. The summed E-state index contributed by atoms with van der Waals surface area (Å²) in [5.74, 6) is -0.153. The molecule has 1 unspecified atom stereocenters. The maximum absolute atomic E-state index is 13.0. The molecule has 0 aliphatic carbocycles. The number of rotatable bonds is 7. The number of hydrogen-bond donors (Lipinski definition) is 0. The second kappa shape index (κ2) is 9.84. The number of hydrogen-bond acceptors (Lipinski definition) is 6. The fourth-order valence-corrected chi connectivity index (χ4v) is 4.25. The van der Waals surface area contributed by atoms with Crippen LogP contribution in [0.2, 0.25) is 0 Å². The van der Waals surface area contributed by atoms with E-state index in [1.54, 1.807) is 44.4 Å². The number of pyridine rings is 1. The standard InChI is InChI=1S/C22H25N5O3S/c1-25-10-19(9-24-25)11-26-12-20(30-15-18-3-2-5-23-8-18)13-27(14-22(26)29)21(28)7-17-4-6-31-16-17/h2-6,8-10,16,20H,7,11-15H2,1H3. The first-order valence-corrected chi connectivity index (χ1v) is 11.1. The summed E-state index contributed by atoms with van der Waals surface area (Å²) in [6.45, 7) is 1.65. The second-order valence-corrected chi connectivity index (χ2v) is 8.45. The molecule has 0 radical (unpaired) electrons. The summed E-state index contributed by atoms with van der Waals surface area (Å²) in [7, 11) is 1.85. The number of ether oxygens (including phenoxy) is 1. The van der Waals surface area contributed by atoms with Crippen LogP contribution >= 0.6 is 11.3 Å². The molecule has 4 heterocycles. The van der Waals surface area contributed by atoms with Gasteiger partial charge in [0.1, 0.15) is 0 Å². The van der Waals surface area contributed by atoms with Crippen LogP contribution in [-0.4, -0.2) is 62.1 Å². The lowest BCUT2D eigenvalue weighted by Crippen LogP contribution is -2.40. The lowest BCUT2D eigenvalue weighted by molar-refractivity contribution is -0.138. The van der Waals surface area contributed by atoms with E-state index in [-0.39, 0.29) is 30.9 Å². The molecule has 0 aromatic carbocycles. The molecule has 1 aliphatic rings. The smallest absolute Gasteiger partial charge is 0.242 e. The van der Waals surface area contributed by atoms with E-state index in [1.165, 1.54) is 0 Å². The lowest BCUT2D eigenvalue weighted by atomic mass is 10.2. The maximum atomic E-state index is 13.0. The molecule has 4 rings (SSSR count). The van der Waals surface area contributed by atoms with E-state index < -0.39 is 0 Å². The van der Waals surface area contributed by atoms with Crippen molar-refractivity contribution in [3.63, 3.8) is 0 Å². The third-order valence-corrected chi connectivity index (χ3v) is 5.89. The number of nitrogens with zero attached hydrogens (tertiary/aromatic N) is 5. The van der Waals surface area contributed by atoms with Gasteiger partial charge < -0.3 is 14.5 Å². The minimum atomic E-state index is -0.297. The van der Waals surface area contributed by atoms with Crippen LogP contribution in [-0.2, 0) is 40.9 Å². The minimum Gasteiger partial charge on any atom is -0.370 e. The SMILES string of the molecule is Cn1cc(CN2CC(OCc3cccnc3)CN(C(=O)Cc3ccsc3)CC2=O)cn1. The van der Waals surface area contributed by atoms with Gasteiger partial charge in [0.15, 0.2) is 0 Å². The number of aryl methyl sites for hydroxylation is 1. The summed E-state index contributed by atoms with van der Waals surface area (Å²) in [5.41, 5.74) is 2.86. The Bertz CT molecular complexity index is 1010. The van der Waals surface area contributed by atoms with Gasteiger partial charge in [0, 0.05) is 50.8 Å². The molecule has 162 valence electrons. The molecule has 1 atom stereocenters. The Labute approximate surface area is 185 Å². The van der Waals surface area contributed by atoms with Gasteiger partial charge in [-0.1, -0.05) is 6.07 Å². The Morgan fingerprint density at radius 2 is 2.13 bits per heavy atom. The molecule has 2 amide bonds. The van der Waals surface area contributed by atoms with Crippen molar-refractivity contribution in [2.45, 2.75) is 25.7 Å². The average Bonchev–Trinajstić information content (AvgIpc) is 3.39. The van der Waals surface area contributed by atoms with Gasteiger partial charge >= 0.3 is 0 Å². The van der Waals surface area contributed by atoms with Crippen molar-refractivity contribution in [2.75, 3.05) is 19.6 Å². The van der Waals surface area contributed by atoms with Crippen LogP contribution in [0.25, 0.3) is 0 Å². The molecule has 1 fully saturated rings. The Morgan fingerprint density at radius 3 is 2.84 bits per heavy atom. The second-order valence-electron chi connectivity index (χ2n) is 7.67. The van der Waals surface area contributed by atoms with Crippen LogP contribution < -0.4 is 0 Å². The molecule has 31 heavy (non-hydrogen) atoms. The molecule has 8 nitrogen and oxygen atoms in total. The summed E-state index contributed by atoms with van der Waals surface area (Å²) in [6, 6.07) is 5.75. The van der Waals surface area contributed by atoms with Crippen molar-refractivity contribution in [1.82, 2.24) is 24.6 Å². The number of aromatic nitrogens is 3. The zero-order valence-electron chi connectivity index (χ0n) is 17.4. The van der Waals surface area contributed by atoms with E-state index in [9.17, 15) is 9.59 Å². The van der Waals surface area contributed by atoms with Crippen LogP contribution in [0.3, 0.4) is 0 Å². The predicted molar refractivity (Wildman–Crippen MR) is 116 cm³/mol. The van der Waals surface area contributed by atoms with Gasteiger partial charge in [0.2, 0.25) is 11.8 Å². The van der Waals surface area contributed by atoms with Crippen molar-refractivity contribution in [3.8, 4) is 0 Å². The van der Waals surface area contributed by atoms with Crippen LogP contribution in [0.4, 0.5) is 0 Å². The van der Waals surface area contributed by atoms with Crippen molar-refractivity contribution >= 4 is 23.2 Å². The van der Waals surface area contributed by atoms with Gasteiger partial charge in [-0.3, -0.25) is 19.3 Å². The van der Waals surface area contributed by atoms with Crippen LogP contribution in [0.15, 0.2) is 53.7 Å². The van der Waals surface area contributed by atoms with Gasteiger partial charge in [-0.2, -0.15) is 16.4 Å². The summed E-state index contributed by atoms with van der Waals surface area (Å²) in [4.78, 5) is 33.4. The van der Waals surface area contributed by atoms with E-state index in [0.717, 1.165) is 16.7 Å². The third-order valence-electron chi connectivity index (χ3n) is 5.16. The number of amides is 2. The van der Waals surface area contributed by atoms with Gasteiger partial charge in [-0.15, -0.1) is 0 Å². The zero-order chi connectivity index (χ0) is 21.6. The quantitative estimate of drug-likeness (QED) is 0.562. The minimum absolute atomic E-state index is 0.0516. The molecule has 0 N–H and O–H groups in total. The van der Waals surface area contributed by atoms with E-state index in [2.05, 4.69) is 10.1 Å². The number of carbonyl (C=O) groups excluding carboxylic acids is 2. The first-order chi connectivity index (χ1) is 15.1. The zero-order valence-corrected chi connectivity index (χ0v) is 18.2. The predicted octanol–water partition coefficient (Wildman–Crippen LogP) is 1.88. The van der Waals surface area contributed by atoms with Gasteiger partial charge in [0.25, 0.3) is 0 Å². The Balaban J connectivity index is 1.48. The number of carbonyl (C=O) groups is 2. The highest BCUT2D eigenvalue weighted by Gasteiger charge is 2.31. The molecule has 1 saturated heterocycles. The number of thiophene rings is 1. The summed E-state index contributed by atoms with van der Waals surface area (Å²) < 4.78 is 7.85. The van der Waals surface area contributed by atoms with Crippen molar-refractivity contribution in [1.29, 1.82) is 0 Å². The van der Waals surface area contributed by atoms with Crippen LogP contribution in [0.1, 0.15) is 16.7 Å². The molecule has 3 aromatic heterocycles. The van der Waals surface area contributed by atoms with Crippen molar-refractivity contribution in [3.05, 3.63) is 70.4 Å². The van der Waals surface area contributed by atoms with Gasteiger partial charge in [0.05, 0.1) is 31.9 Å². The first kappa shape index (κ1) is 21.2. The highest BCUT2D eigenvalue weighted by Crippen LogP contribution is 2.16. The molecule has 0 bridgehead atoms. The molecule has 0 saturated carbocycles. The molecular formula is C22H25N5O3S. The Kier molecular flexibility index (Phi) is 6.73. The van der Waals surface area contributed by atoms with E-state index >= 15 is 0 Å². The molecule has 0 spiro atoms. The monoisotopic (exact) mass is 439 g/mol. The summed E-state index contributed by atoms with van der Waals surface area (Å²) >= 11 is 1.56. The van der Waals surface area contributed by atoms with Crippen LogP contribution in [0, 0.1) is 0 Å². The van der Waals surface area contributed by atoms with Crippen LogP contribution in [0.5, 0.6) is 0 Å². The Morgan fingerprint density at radius 1 is 1.23 bits per heavy atom. The topological polar surface area (TPSA) is 80.6 Å². The Hall–Kier alpha value is -3.04. The highest BCUT2D eigenvalue weighted by atomic mass is 32.1. The van der Waals surface area contributed by atoms with E-state index in [0.29, 0.717) is 26.2 Å². The average molecular weight is 440 g/mol. The summed E-state index contributed by atoms with van der Waals surface area (Å²) in [5, 5.41) is 8.10. The van der Waals surface area contributed by atoms with E-state index in [4.69, 9.17) is 4.74 Å². The van der Waals surface area contributed by atoms with Crippen molar-refractivity contribution < 1.29 is 14.3 Å². The van der Waals surface area contributed by atoms with E-state index in [1.807, 2.05) is 42.2 Å². The fraction of sp³-hybridized carbons (Fsp3) is 0.364. The molecule has 3 aromatic rings. The third kappa shape index (κ3) is 5.77. The van der Waals surface area contributed by atoms with Gasteiger partial charge in [-0.05, 0) is 34.0 Å². The lowest BCUT2D eigenvalue weighted by Gasteiger charge is -2.24. The van der Waals surface area contributed by atoms with Crippen molar-refractivity contribution in [2.24, 2.45) is 7.05 Å². The summed E-state index contributed by atoms with van der Waals surface area (Å²) in [6.07, 6.45) is 7.11. The maximum Gasteiger partial charge on any atom is 0.242 e.